The summed E-state index contributed by atoms with van der Waals surface area (Å²) in [6.45, 7) is 1.48. The zero-order chi connectivity index (χ0) is 14.7. The molecule has 0 saturated heterocycles. The summed E-state index contributed by atoms with van der Waals surface area (Å²) in [5.41, 5.74) is 10.7. The average Bonchev–Trinajstić information content (AvgIpc) is 2.39. The number of hydrogen-bond donors (Lipinski definition) is 5. The van der Waals surface area contributed by atoms with Crippen LogP contribution in [-0.2, 0) is 9.59 Å². The second-order valence-corrected chi connectivity index (χ2v) is 4.59. The van der Waals surface area contributed by atoms with Gasteiger partial charge in [0.2, 0.25) is 11.8 Å². The molecule has 0 radical (unpaired) electrons. The van der Waals surface area contributed by atoms with Crippen LogP contribution in [0.5, 0.6) is 0 Å². The van der Waals surface area contributed by atoms with Crippen LogP contribution in [0.2, 0.25) is 0 Å². The summed E-state index contributed by atoms with van der Waals surface area (Å²) >= 11 is 0. The summed E-state index contributed by atoms with van der Waals surface area (Å²) in [7, 11) is 3.77. The van der Waals surface area contributed by atoms with Crippen molar-refractivity contribution in [2.45, 2.75) is 37.8 Å². The summed E-state index contributed by atoms with van der Waals surface area (Å²) in [5.74, 6) is -0.682. The van der Waals surface area contributed by atoms with Gasteiger partial charge in [0.1, 0.15) is 0 Å². The predicted molar refractivity (Wildman–Crippen MR) is 75.4 cm³/mol. The molecule has 7 N–H and O–H groups in total. The van der Waals surface area contributed by atoms with Crippen molar-refractivity contribution in [1.29, 1.82) is 0 Å². The normalized spacial score (nSPS) is 13.8. The third-order valence-electron chi connectivity index (χ3n) is 2.95. The van der Waals surface area contributed by atoms with E-state index in [-0.39, 0.29) is 24.8 Å². The molecule has 0 spiro atoms. The van der Waals surface area contributed by atoms with Crippen LogP contribution in [0.4, 0.5) is 0 Å². The lowest BCUT2D eigenvalue weighted by atomic mass is 10.1. The monoisotopic (exact) mass is 273 g/mol. The van der Waals surface area contributed by atoms with Gasteiger partial charge < -0.3 is 27.4 Å². The highest BCUT2D eigenvalue weighted by molar-refractivity contribution is 5.82. The first-order valence-corrected chi connectivity index (χ1v) is 6.64. The molecule has 0 aliphatic rings. The topological polar surface area (TPSA) is 122 Å². The van der Waals surface area contributed by atoms with Crippen molar-refractivity contribution in [1.82, 2.24) is 16.0 Å². The molecule has 0 saturated carbocycles. The molecule has 0 rings (SSSR count). The molecule has 7 heteroatoms. The minimum Gasteiger partial charge on any atom is -0.370 e. The summed E-state index contributed by atoms with van der Waals surface area (Å²) in [5, 5.41) is 9.01. The molecule has 0 heterocycles. The van der Waals surface area contributed by atoms with Gasteiger partial charge in [0.15, 0.2) is 0 Å². The van der Waals surface area contributed by atoms with Crippen molar-refractivity contribution in [3.63, 3.8) is 0 Å². The van der Waals surface area contributed by atoms with Crippen molar-refractivity contribution in [3.8, 4) is 0 Å². The summed E-state index contributed by atoms with van der Waals surface area (Å²) in [6.07, 6.45) is 2.41. The quantitative estimate of drug-likeness (QED) is 0.287. The molecule has 0 aromatic carbocycles. The third kappa shape index (κ3) is 9.40. The number of rotatable bonds is 11. The predicted octanol–water partition coefficient (Wildman–Crippen LogP) is -1.72. The molecule has 7 nitrogen and oxygen atoms in total. The van der Waals surface area contributed by atoms with Gasteiger partial charge in [-0.25, -0.2) is 0 Å². The van der Waals surface area contributed by atoms with Crippen LogP contribution in [-0.4, -0.2) is 51.1 Å². The van der Waals surface area contributed by atoms with E-state index in [2.05, 4.69) is 16.0 Å². The molecule has 0 aliphatic heterocycles. The zero-order valence-electron chi connectivity index (χ0n) is 11.9. The van der Waals surface area contributed by atoms with Crippen LogP contribution < -0.4 is 27.4 Å². The third-order valence-corrected chi connectivity index (χ3v) is 2.95. The fourth-order valence-electron chi connectivity index (χ4n) is 1.66. The Bertz CT molecular complexity index is 273. The van der Waals surface area contributed by atoms with Gasteiger partial charge in [-0.15, -0.1) is 0 Å². The first-order chi connectivity index (χ1) is 9.01. The van der Waals surface area contributed by atoms with Gasteiger partial charge in [-0.2, -0.15) is 0 Å². The molecular formula is C12H27N5O2. The smallest absolute Gasteiger partial charge is 0.236 e. The summed E-state index contributed by atoms with van der Waals surface area (Å²) in [6, 6.07) is -0.456. The molecule has 0 unspecified atom stereocenters. The first kappa shape index (κ1) is 17.8. The van der Waals surface area contributed by atoms with Crippen molar-refractivity contribution in [2.24, 2.45) is 11.5 Å². The van der Waals surface area contributed by atoms with E-state index in [1.807, 2.05) is 14.1 Å². The maximum absolute atomic E-state index is 11.7. The van der Waals surface area contributed by atoms with E-state index in [0.29, 0.717) is 6.54 Å². The maximum atomic E-state index is 11.7. The summed E-state index contributed by atoms with van der Waals surface area (Å²) in [4.78, 5) is 22.3. The van der Waals surface area contributed by atoms with E-state index in [0.717, 1.165) is 19.4 Å². The highest BCUT2D eigenvalue weighted by atomic mass is 16.2. The van der Waals surface area contributed by atoms with E-state index in [9.17, 15) is 9.59 Å². The molecule has 0 aromatic heterocycles. The number of nitrogens with two attached hydrogens (primary N) is 2. The molecule has 0 aliphatic carbocycles. The second kappa shape index (κ2) is 10.7. The van der Waals surface area contributed by atoms with Gasteiger partial charge in [-0.05, 0) is 39.9 Å². The highest BCUT2D eigenvalue weighted by Gasteiger charge is 2.15. The van der Waals surface area contributed by atoms with Crippen LogP contribution in [0.1, 0.15) is 25.7 Å². The number of nitrogens with one attached hydrogen (secondary N) is 3. The van der Waals surface area contributed by atoms with Crippen LogP contribution in [0.25, 0.3) is 0 Å². The van der Waals surface area contributed by atoms with Crippen LogP contribution >= 0.6 is 0 Å². The molecular weight excluding hydrogens is 246 g/mol. The second-order valence-electron chi connectivity index (χ2n) is 4.59. The van der Waals surface area contributed by atoms with Gasteiger partial charge in [0.25, 0.3) is 0 Å². The van der Waals surface area contributed by atoms with Crippen molar-refractivity contribution in [3.05, 3.63) is 0 Å². The average molecular weight is 273 g/mol. The largest absolute Gasteiger partial charge is 0.370 e. The molecule has 2 atom stereocenters. The number of carbonyl (C=O) groups is 2. The number of primary amides is 1. The van der Waals surface area contributed by atoms with Gasteiger partial charge in [-0.1, -0.05) is 0 Å². The van der Waals surface area contributed by atoms with E-state index in [1.165, 1.54) is 0 Å². The van der Waals surface area contributed by atoms with Crippen molar-refractivity contribution < 1.29 is 9.59 Å². The van der Waals surface area contributed by atoms with E-state index >= 15 is 0 Å². The SMILES string of the molecule is CNCCC[C@@H](CNC(=O)[C@@H](N)CCC(N)=O)NC. The van der Waals surface area contributed by atoms with Crippen LogP contribution in [0, 0.1) is 0 Å². The lowest BCUT2D eigenvalue weighted by molar-refractivity contribution is -0.123. The maximum Gasteiger partial charge on any atom is 0.236 e. The van der Waals surface area contributed by atoms with E-state index in [4.69, 9.17) is 11.5 Å². The van der Waals surface area contributed by atoms with Gasteiger partial charge >= 0.3 is 0 Å². The number of carbonyl (C=O) groups excluding carboxylic acids is 2. The Morgan fingerprint density at radius 2 is 1.89 bits per heavy atom. The fraction of sp³-hybridized carbons (Fsp3) is 0.833. The van der Waals surface area contributed by atoms with Crippen molar-refractivity contribution >= 4 is 11.8 Å². The Kier molecular flexibility index (Phi) is 10.1. The van der Waals surface area contributed by atoms with Gasteiger partial charge in [0, 0.05) is 19.0 Å². The Morgan fingerprint density at radius 3 is 2.42 bits per heavy atom. The molecule has 19 heavy (non-hydrogen) atoms. The molecule has 2 amide bonds. The Hall–Kier alpha value is -1.18. The zero-order valence-corrected chi connectivity index (χ0v) is 11.9. The van der Waals surface area contributed by atoms with Crippen LogP contribution in [0.15, 0.2) is 0 Å². The standard InChI is InChI=1S/C12H27N5O2/c1-15-7-3-4-9(16-2)8-17-12(19)10(13)5-6-11(14)18/h9-10,15-16H,3-8,13H2,1-2H3,(H2,14,18)(H,17,19)/t9-,10-/m0/s1. The van der Waals surface area contributed by atoms with E-state index in [1.54, 1.807) is 0 Å². The van der Waals surface area contributed by atoms with E-state index < -0.39 is 11.9 Å². The van der Waals surface area contributed by atoms with Gasteiger partial charge in [0.05, 0.1) is 6.04 Å². The Labute approximate surface area is 114 Å². The number of amides is 2. The fourth-order valence-corrected chi connectivity index (χ4v) is 1.66. The Morgan fingerprint density at radius 1 is 1.21 bits per heavy atom. The minimum atomic E-state index is -0.678. The van der Waals surface area contributed by atoms with Crippen LogP contribution in [0.3, 0.4) is 0 Å². The molecule has 0 fully saturated rings. The number of likely N-dealkylation sites (N-methyl/N-ethyl adjacent to an activating group) is 1. The minimum absolute atomic E-state index is 0.131. The lowest BCUT2D eigenvalue weighted by Gasteiger charge is -2.18. The molecule has 0 aromatic rings. The lowest BCUT2D eigenvalue weighted by Crippen LogP contribution is -2.46. The number of hydrogen-bond acceptors (Lipinski definition) is 5. The highest BCUT2D eigenvalue weighted by Crippen LogP contribution is 1.97. The molecule has 0 bridgehead atoms. The Balaban J connectivity index is 3.87. The summed E-state index contributed by atoms with van der Waals surface area (Å²) < 4.78 is 0. The van der Waals surface area contributed by atoms with Gasteiger partial charge in [-0.3, -0.25) is 9.59 Å². The molecule has 112 valence electrons. The first-order valence-electron chi connectivity index (χ1n) is 6.64. The van der Waals surface area contributed by atoms with Crippen molar-refractivity contribution in [2.75, 3.05) is 27.2 Å².